The Balaban J connectivity index is 1.30. The number of hydrogen-bond acceptors (Lipinski definition) is 5. The lowest BCUT2D eigenvalue weighted by atomic mass is 9.71. The van der Waals surface area contributed by atoms with Gasteiger partial charge in [0.2, 0.25) is 10.0 Å². The minimum Gasteiger partial charge on any atom is -0.297 e. The molecule has 0 aromatic carbocycles. The number of nitrogens with zero attached hydrogens (tertiary/aromatic N) is 3. The van der Waals surface area contributed by atoms with Gasteiger partial charge in [-0.2, -0.15) is 0 Å². The average Bonchev–Trinajstić information content (AvgIpc) is 3.30. The van der Waals surface area contributed by atoms with Crippen LogP contribution in [0.15, 0.2) is 11.6 Å². The van der Waals surface area contributed by atoms with Gasteiger partial charge in [0, 0.05) is 24.7 Å². The topological polar surface area (TPSA) is 53.5 Å². The zero-order valence-electron chi connectivity index (χ0n) is 13.5. The van der Waals surface area contributed by atoms with Gasteiger partial charge in [-0.3, -0.25) is 4.90 Å². The summed E-state index contributed by atoms with van der Waals surface area (Å²) in [7, 11) is -2.97. The van der Waals surface area contributed by atoms with Crippen LogP contribution in [0.3, 0.4) is 0 Å². The van der Waals surface area contributed by atoms with Gasteiger partial charge in [0.15, 0.2) is 0 Å². The molecule has 0 N–H and O–H groups in total. The van der Waals surface area contributed by atoms with E-state index in [0.717, 1.165) is 58.4 Å². The van der Waals surface area contributed by atoms with Crippen molar-refractivity contribution in [3.8, 4) is 0 Å². The molecule has 2 saturated heterocycles. The van der Waals surface area contributed by atoms with E-state index in [9.17, 15) is 8.42 Å². The average molecular weight is 356 g/mol. The van der Waals surface area contributed by atoms with Gasteiger partial charge >= 0.3 is 0 Å². The smallest absolute Gasteiger partial charge is 0.216 e. The first kappa shape index (κ1) is 16.0. The second kappa shape index (κ2) is 6.10. The van der Waals surface area contributed by atoms with Gasteiger partial charge in [0.25, 0.3) is 0 Å². The van der Waals surface area contributed by atoms with Crippen LogP contribution in [0.1, 0.15) is 43.5 Å². The van der Waals surface area contributed by atoms with E-state index in [0.29, 0.717) is 5.41 Å². The van der Waals surface area contributed by atoms with Crippen LogP contribution < -0.4 is 0 Å². The van der Waals surface area contributed by atoms with Crippen molar-refractivity contribution in [2.24, 2.45) is 5.41 Å². The van der Waals surface area contributed by atoms with Crippen molar-refractivity contribution in [3.63, 3.8) is 0 Å². The molecule has 0 radical (unpaired) electrons. The molecule has 1 aromatic heterocycles. The number of rotatable bonds is 4. The first-order chi connectivity index (χ1) is 11.1. The molecule has 0 atom stereocenters. The molecule has 0 bridgehead atoms. The Morgan fingerprint density at radius 2 is 1.78 bits per heavy atom. The fourth-order valence-corrected chi connectivity index (χ4v) is 6.50. The van der Waals surface area contributed by atoms with E-state index in [1.807, 2.05) is 11.6 Å². The van der Waals surface area contributed by atoms with Crippen molar-refractivity contribution in [1.29, 1.82) is 0 Å². The van der Waals surface area contributed by atoms with Crippen molar-refractivity contribution in [1.82, 2.24) is 14.2 Å². The molecular weight excluding hydrogens is 330 g/mol. The van der Waals surface area contributed by atoms with Crippen molar-refractivity contribution in [2.45, 2.75) is 50.3 Å². The van der Waals surface area contributed by atoms with E-state index in [1.165, 1.54) is 17.8 Å². The Morgan fingerprint density at radius 3 is 2.35 bits per heavy atom. The molecule has 1 saturated carbocycles. The number of aromatic nitrogens is 1. The second-order valence-corrected chi connectivity index (χ2v) is 10.5. The van der Waals surface area contributed by atoms with E-state index in [2.05, 4.69) is 9.88 Å². The van der Waals surface area contributed by atoms with Crippen LogP contribution in [0, 0.1) is 5.41 Å². The lowest BCUT2D eigenvalue weighted by molar-refractivity contribution is 0.0529. The van der Waals surface area contributed by atoms with Gasteiger partial charge < -0.3 is 0 Å². The van der Waals surface area contributed by atoms with Crippen molar-refractivity contribution in [2.75, 3.05) is 26.2 Å². The highest BCUT2D eigenvalue weighted by Gasteiger charge is 2.44. The zero-order valence-corrected chi connectivity index (χ0v) is 15.1. The Kier molecular flexibility index (Phi) is 4.24. The normalized spacial score (nSPS) is 26.6. The van der Waals surface area contributed by atoms with Gasteiger partial charge in [-0.15, -0.1) is 11.3 Å². The summed E-state index contributed by atoms with van der Waals surface area (Å²) in [5.41, 5.74) is 0.384. The van der Waals surface area contributed by atoms with E-state index in [1.54, 1.807) is 15.6 Å². The monoisotopic (exact) mass is 355 g/mol. The maximum Gasteiger partial charge on any atom is 0.216 e. The molecule has 1 spiro atoms. The number of hydrogen-bond donors (Lipinski definition) is 0. The Bertz CT molecular complexity index is 622. The SMILES string of the molecule is O=S(=O)(C1CC1)N1CCC2(CCN(Cc3nccs3)CC2)CC1. The molecule has 5 nitrogen and oxygen atoms in total. The number of likely N-dealkylation sites (tertiary alicyclic amines) is 1. The molecule has 0 unspecified atom stereocenters. The van der Waals surface area contributed by atoms with Crippen molar-refractivity contribution < 1.29 is 8.42 Å². The lowest BCUT2D eigenvalue weighted by Crippen LogP contribution is -2.48. The van der Waals surface area contributed by atoms with Gasteiger partial charge in [0.05, 0.1) is 11.8 Å². The van der Waals surface area contributed by atoms with Crippen molar-refractivity contribution in [3.05, 3.63) is 16.6 Å². The van der Waals surface area contributed by atoms with E-state index < -0.39 is 10.0 Å². The van der Waals surface area contributed by atoms with Crippen LogP contribution in [0.25, 0.3) is 0 Å². The highest BCUT2D eigenvalue weighted by Crippen LogP contribution is 2.43. The van der Waals surface area contributed by atoms with Gasteiger partial charge in [0.1, 0.15) is 5.01 Å². The highest BCUT2D eigenvalue weighted by atomic mass is 32.2. The molecule has 3 aliphatic rings. The fourth-order valence-electron chi connectivity index (χ4n) is 4.00. The molecule has 128 valence electrons. The van der Waals surface area contributed by atoms with E-state index >= 15 is 0 Å². The largest absolute Gasteiger partial charge is 0.297 e. The first-order valence-electron chi connectivity index (χ1n) is 8.67. The Labute approximate surface area is 142 Å². The Morgan fingerprint density at radius 1 is 1.13 bits per heavy atom. The summed E-state index contributed by atoms with van der Waals surface area (Å²) in [6, 6.07) is 0. The lowest BCUT2D eigenvalue weighted by Gasteiger charge is -2.46. The number of thiazole rings is 1. The van der Waals surface area contributed by atoms with Crippen LogP contribution in [0.2, 0.25) is 0 Å². The van der Waals surface area contributed by atoms with E-state index in [-0.39, 0.29) is 5.25 Å². The van der Waals surface area contributed by atoms with Crippen LogP contribution in [0.4, 0.5) is 0 Å². The molecule has 7 heteroatoms. The standard InChI is InChI=1S/C16H25N3O2S2/c20-23(21,14-1-2-14)19-10-5-16(6-11-19)3-8-18(9-4-16)13-15-17-7-12-22-15/h7,12,14H,1-6,8-11,13H2. The summed E-state index contributed by atoms with van der Waals surface area (Å²) in [5.74, 6) is 0. The number of sulfonamides is 1. The Hall–Kier alpha value is -0.500. The predicted molar refractivity (Wildman–Crippen MR) is 91.8 cm³/mol. The highest BCUT2D eigenvalue weighted by molar-refractivity contribution is 7.90. The maximum atomic E-state index is 12.4. The fraction of sp³-hybridized carbons (Fsp3) is 0.812. The van der Waals surface area contributed by atoms with Crippen LogP contribution >= 0.6 is 11.3 Å². The minimum absolute atomic E-state index is 0.0586. The molecule has 1 aromatic rings. The molecule has 23 heavy (non-hydrogen) atoms. The third-order valence-electron chi connectivity index (χ3n) is 5.85. The molecule has 3 fully saturated rings. The third-order valence-corrected chi connectivity index (χ3v) is 9.01. The molecular formula is C16H25N3O2S2. The van der Waals surface area contributed by atoms with Crippen LogP contribution in [-0.4, -0.2) is 54.0 Å². The second-order valence-electron chi connectivity index (χ2n) is 7.35. The summed E-state index contributed by atoms with van der Waals surface area (Å²) in [5, 5.41) is 3.18. The summed E-state index contributed by atoms with van der Waals surface area (Å²) in [4.78, 5) is 6.87. The summed E-state index contributed by atoms with van der Waals surface area (Å²) < 4.78 is 26.5. The molecule has 3 heterocycles. The maximum absolute atomic E-state index is 12.4. The summed E-state index contributed by atoms with van der Waals surface area (Å²) in [6.07, 6.45) is 8.12. The molecule has 2 aliphatic heterocycles. The van der Waals surface area contributed by atoms with E-state index in [4.69, 9.17) is 0 Å². The predicted octanol–water partition coefficient (Wildman–Crippen LogP) is 2.31. The van der Waals surface area contributed by atoms with Gasteiger partial charge in [-0.05, 0) is 57.0 Å². The third kappa shape index (κ3) is 3.34. The van der Waals surface area contributed by atoms with Crippen LogP contribution in [0.5, 0.6) is 0 Å². The van der Waals surface area contributed by atoms with Gasteiger partial charge in [-0.25, -0.2) is 17.7 Å². The summed E-state index contributed by atoms with van der Waals surface area (Å²) >= 11 is 1.73. The summed E-state index contributed by atoms with van der Waals surface area (Å²) in [6.45, 7) is 4.69. The number of piperidine rings is 2. The van der Waals surface area contributed by atoms with Crippen LogP contribution in [-0.2, 0) is 16.6 Å². The minimum atomic E-state index is -2.97. The van der Waals surface area contributed by atoms with Gasteiger partial charge in [-0.1, -0.05) is 0 Å². The van der Waals surface area contributed by atoms with Crippen molar-refractivity contribution >= 4 is 21.4 Å². The molecule has 4 rings (SSSR count). The molecule has 0 amide bonds. The molecule has 1 aliphatic carbocycles. The first-order valence-corrected chi connectivity index (χ1v) is 11.1. The quantitative estimate of drug-likeness (QED) is 0.832. The zero-order chi connectivity index (χ0) is 15.9.